The number of allylic oxidation sites excluding steroid dienone is 1. The van der Waals surface area contributed by atoms with E-state index in [-0.39, 0.29) is 17.4 Å². The van der Waals surface area contributed by atoms with Crippen molar-refractivity contribution in [3.8, 4) is 0 Å². The summed E-state index contributed by atoms with van der Waals surface area (Å²) in [6, 6.07) is 0. The zero-order chi connectivity index (χ0) is 12.9. The van der Waals surface area contributed by atoms with Crippen LogP contribution in [0, 0.1) is 12.0 Å². The van der Waals surface area contributed by atoms with Gasteiger partial charge in [-0.1, -0.05) is 26.8 Å². The van der Waals surface area contributed by atoms with Crippen LogP contribution in [0.3, 0.4) is 0 Å². The van der Waals surface area contributed by atoms with Crippen molar-refractivity contribution >= 4 is 5.78 Å². The number of nitrogens with zero attached hydrogens (tertiary/aromatic N) is 2. The molecule has 0 saturated carbocycles. The van der Waals surface area contributed by atoms with Crippen LogP contribution in [-0.2, 0) is 4.79 Å². The van der Waals surface area contributed by atoms with Gasteiger partial charge >= 0.3 is 0 Å². The number of rotatable bonds is 4. The molecule has 1 saturated heterocycles. The Kier molecular flexibility index (Phi) is 4.89. The highest BCUT2D eigenvalue weighted by Gasteiger charge is 2.27. The number of ketones is 1. The predicted molar refractivity (Wildman–Crippen MR) is 69.4 cm³/mol. The number of carbonyl (C=O) groups is 1. The molecule has 17 heavy (non-hydrogen) atoms. The smallest absolute Gasteiger partial charge is 0.280 e. The van der Waals surface area contributed by atoms with E-state index in [1.165, 1.54) is 0 Å². The Morgan fingerprint density at radius 2 is 2.24 bits per heavy atom. The molecule has 0 aromatic rings. The normalized spacial score (nSPS) is 21.9. The minimum absolute atomic E-state index is 0.0253. The van der Waals surface area contributed by atoms with Gasteiger partial charge in [0, 0.05) is 25.9 Å². The first-order valence-corrected chi connectivity index (χ1v) is 6.22. The van der Waals surface area contributed by atoms with Gasteiger partial charge in [0.05, 0.1) is 0 Å². The Labute approximate surface area is 104 Å². The Bertz CT molecular complexity index is 333. The molecule has 1 aliphatic rings. The second kappa shape index (κ2) is 5.97. The van der Waals surface area contributed by atoms with Gasteiger partial charge in [0.1, 0.15) is 0 Å². The first-order valence-electron chi connectivity index (χ1n) is 6.22. The number of carbonyl (C=O) groups excluding carboxylic acids is 1. The van der Waals surface area contributed by atoms with Gasteiger partial charge in [0.25, 0.3) is 6.17 Å². The van der Waals surface area contributed by atoms with Gasteiger partial charge < -0.3 is 0 Å². The molecule has 1 atom stereocenters. The van der Waals surface area contributed by atoms with Crippen molar-refractivity contribution in [2.24, 2.45) is 5.41 Å². The molecule has 0 amide bonds. The molecule has 1 heterocycles. The summed E-state index contributed by atoms with van der Waals surface area (Å²) in [4.78, 5) is 17.3. The standard InChI is InChI=1S/C14H22N2O/c1-14(2,3)11-12(17)7-5-9-16-10-6-8-13(16)15-4/h5,7,13H,6,8-11H2,1-3H3/b7-5+. The highest BCUT2D eigenvalue weighted by molar-refractivity contribution is 5.90. The molecule has 0 radical (unpaired) electrons. The summed E-state index contributed by atoms with van der Waals surface area (Å²) in [5.41, 5.74) is 0.0497. The molecule has 3 heteroatoms. The number of likely N-dealkylation sites (tertiary alicyclic amines) is 1. The van der Waals surface area contributed by atoms with Crippen LogP contribution in [0.4, 0.5) is 0 Å². The van der Waals surface area contributed by atoms with Gasteiger partial charge in [-0.25, -0.2) is 11.5 Å². The highest BCUT2D eigenvalue weighted by Crippen LogP contribution is 2.19. The lowest BCUT2D eigenvalue weighted by atomic mass is 9.90. The van der Waals surface area contributed by atoms with E-state index in [0.29, 0.717) is 6.42 Å². The van der Waals surface area contributed by atoms with Gasteiger partial charge in [0.2, 0.25) is 0 Å². The lowest BCUT2D eigenvalue weighted by molar-refractivity contribution is -0.116. The summed E-state index contributed by atoms with van der Waals surface area (Å²) in [7, 11) is 0. The Balaban J connectivity index is 2.35. The zero-order valence-electron chi connectivity index (χ0n) is 11.1. The molecule has 1 fully saturated rings. The summed E-state index contributed by atoms with van der Waals surface area (Å²) in [5, 5.41) is 0. The van der Waals surface area contributed by atoms with Crippen molar-refractivity contribution in [2.75, 3.05) is 13.1 Å². The fourth-order valence-electron chi connectivity index (χ4n) is 2.07. The maximum atomic E-state index is 11.6. The topological polar surface area (TPSA) is 24.7 Å². The van der Waals surface area contributed by atoms with Crippen molar-refractivity contribution in [3.05, 3.63) is 23.6 Å². The molecule has 0 aromatic carbocycles. The SMILES string of the molecule is [C-]#[N+]C1CCCN1C/C=C/C(=O)CC(C)(C)C. The predicted octanol–water partition coefficient (Wildman–Crippen LogP) is 2.89. The van der Waals surface area contributed by atoms with Crippen LogP contribution in [0.2, 0.25) is 0 Å². The molecular formula is C14H22N2O. The summed E-state index contributed by atoms with van der Waals surface area (Å²) < 4.78 is 0. The zero-order valence-corrected chi connectivity index (χ0v) is 11.1. The van der Waals surface area contributed by atoms with E-state index < -0.39 is 0 Å². The second-order valence-corrected chi connectivity index (χ2v) is 5.85. The van der Waals surface area contributed by atoms with Crippen LogP contribution in [0.1, 0.15) is 40.0 Å². The molecule has 0 aliphatic carbocycles. The molecule has 0 aromatic heterocycles. The van der Waals surface area contributed by atoms with Crippen molar-refractivity contribution in [3.63, 3.8) is 0 Å². The van der Waals surface area contributed by atoms with Gasteiger partial charge in [0.15, 0.2) is 5.78 Å². The summed E-state index contributed by atoms with van der Waals surface area (Å²) in [6.07, 6.45) is 6.24. The van der Waals surface area contributed by atoms with E-state index in [4.69, 9.17) is 6.57 Å². The average Bonchev–Trinajstić information content (AvgIpc) is 2.62. The van der Waals surface area contributed by atoms with Crippen LogP contribution in [0.5, 0.6) is 0 Å². The first kappa shape index (κ1) is 13.9. The van der Waals surface area contributed by atoms with Crippen molar-refractivity contribution in [1.82, 2.24) is 4.90 Å². The third kappa shape index (κ3) is 5.14. The quantitative estimate of drug-likeness (QED) is 0.552. The molecule has 0 bridgehead atoms. The van der Waals surface area contributed by atoms with E-state index in [2.05, 4.69) is 30.5 Å². The molecule has 0 N–H and O–H groups in total. The molecule has 3 nitrogen and oxygen atoms in total. The lowest BCUT2D eigenvalue weighted by Crippen LogP contribution is -2.26. The summed E-state index contributed by atoms with van der Waals surface area (Å²) in [5.74, 6) is 0.177. The molecule has 94 valence electrons. The Morgan fingerprint density at radius 3 is 2.82 bits per heavy atom. The molecule has 1 aliphatic heterocycles. The van der Waals surface area contributed by atoms with Gasteiger partial charge in [-0.2, -0.15) is 0 Å². The van der Waals surface area contributed by atoms with E-state index in [1.54, 1.807) is 6.08 Å². The summed E-state index contributed by atoms with van der Waals surface area (Å²) >= 11 is 0. The van der Waals surface area contributed by atoms with E-state index in [1.807, 2.05) is 6.08 Å². The Hall–Kier alpha value is -1.14. The molecular weight excluding hydrogens is 212 g/mol. The van der Waals surface area contributed by atoms with E-state index in [0.717, 1.165) is 25.9 Å². The Morgan fingerprint density at radius 1 is 1.53 bits per heavy atom. The molecule has 0 spiro atoms. The van der Waals surface area contributed by atoms with Crippen molar-refractivity contribution in [1.29, 1.82) is 0 Å². The van der Waals surface area contributed by atoms with Crippen molar-refractivity contribution in [2.45, 2.75) is 46.2 Å². The van der Waals surface area contributed by atoms with Gasteiger partial charge in [-0.3, -0.25) is 9.64 Å². The van der Waals surface area contributed by atoms with Gasteiger partial charge in [-0.05, 0) is 17.9 Å². The largest absolute Gasteiger partial charge is 0.296 e. The second-order valence-electron chi connectivity index (χ2n) is 5.85. The minimum atomic E-state index is 0.0253. The van der Waals surface area contributed by atoms with Crippen LogP contribution >= 0.6 is 0 Å². The molecule has 1 rings (SSSR count). The van der Waals surface area contributed by atoms with E-state index >= 15 is 0 Å². The highest BCUT2D eigenvalue weighted by atomic mass is 16.1. The fourth-order valence-corrected chi connectivity index (χ4v) is 2.07. The summed E-state index contributed by atoms with van der Waals surface area (Å²) in [6.45, 7) is 15.0. The van der Waals surface area contributed by atoms with E-state index in [9.17, 15) is 4.79 Å². The minimum Gasteiger partial charge on any atom is -0.296 e. The van der Waals surface area contributed by atoms with Crippen LogP contribution < -0.4 is 0 Å². The molecule has 1 unspecified atom stereocenters. The number of hydrogen-bond acceptors (Lipinski definition) is 2. The van der Waals surface area contributed by atoms with Crippen LogP contribution in [0.25, 0.3) is 4.85 Å². The fraction of sp³-hybridized carbons (Fsp3) is 0.714. The maximum absolute atomic E-state index is 11.6. The van der Waals surface area contributed by atoms with Crippen molar-refractivity contribution < 1.29 is 4.79 Å². The lowest BCUT2D eigenvalue weighted by Gasteiger charge is -2.15. The monoisotopic (exact) mass is 234 g/mol. The van der Waals surface area contributed by atoms with Crippen LogP contribution in [0.15, 0.2) is 12.2 Å². The third-order valence-electron chi connectivity index (χ3n) is 2.83. The number of hydrogen-bond donors (Lipinski definition) is 0. The first-order chi connectivity index (χ1) is 7.92. The van der Waals surface area contributed by atoms with Gasteiger partial charge in [-0.15, -0.1) is 0 Å². The average molecular weight is 234 g/mol. The van der Waals surface area contributed by atoms with Crippen LogP contribution in [-0.4, -0.2) is 29.9 Å². The third-order valence-corrected chi connectivity index (χ3v) is 2.83. The maximum Gasteiger partial charge on any atom is 0.280 e.